The van der Waals surface area contributed by atoms with Gasteiger partial charge in [0, 0.05) is 18.4 Å². The second-order valence-electron chi connectivity index (χ2n) is 4.83. The molecule has 2 nitrogen and oxygen atoms in total. The quantitative estimate of drug-likeness (QED) is 0.694. The monoisotopic (exact) mass is 254 g/mol. The fourth-order valence-corrected chi connectivity index (χ4v) is 2.33. The van der Waals surface area contributed by atoms with Crippen LogP contribution in [0, 0.1) is 12.7 Å². The lowest BCUT2D eigenvalue weighted by atomic mass is 10.1. The Morgan fingerprint density at radius 1 is 1.11 bits per heavy atom. The van der Waals surface area contributed by atoms with Crippen molar-refractivity contribution >= 4 is 16.6 Å². The smallest absolute Gasteiger partial charge is 0.123 e. The van der Waals surface area contributed by atoms with Gasteiger partial charge in [-0.25, -0.2) is 4.39 Å². The number of hydrogen-bond acceptors (Lipinski definition) is 1. The zero-order chi connectivity index (χ0) is 13.4. The van der Waals surface area contributed by atoms with Gasteiger partial charge in [-0.1, -0.05) is 12.1 Å². The standard InChI is InChI=1S/C16H15FN2/c1-11-2-4-14(17)8-13(11)10-19-7-6-12-3-5-15(18)9-16(12)19/h2-9H,10,18H2,1H3. The zero-order valence-electron chi connectivity index (χ0n) is 10.7. The van der Waals surface area contributed by atoms with Gasteiger partial charge < -0.3 is 10.3 Å². The van der Waals surface area contributed by atoms with E-state index in [0.29, 0.717) is 6.54 Å². The Morgan fingerprint density at radius 2 is 1.95 bits per heavy atom. The summed E-state index contributed by atoms with van der Waals surface area (Å²) in [6.07, 6.45) is 2.01. The molecule has 0 aliphatic carbocycles. The minimum absolute atomic E-state index is 0.198. The SMILES string of the molecule is Cc1ccc(F)cc1Cn1ccc2ccc(N)cc21. The third-order valence-corrected chi connectivity index (χ3v) is 3.45. The lowest BCUT2D eigenvalue weighted by Gasteiger charge is -2.09. The van der Waals surface area contributed by atoms with Gasteiger partial charge in [0.25, 0.3) is 0 Å². The highest BCUT2D eigenvalue weighted by Crippen LogP contribution is 2.21. The minimum Gasteiger partial charge on any atom is -0.399 e. The summed E-state index contributed by atoms with van der Waals surface area (Å²) in [4.78, 5) is 0. The van der Waals surface area contributed by atoms with Crippen LogP contribution in [0.3, 0.4) is 0 Å². The van der Waals surface area contributed by atoms with Crippen molar-refractivity contribution in [2.75, 3.05) is 5.73 Å². The average molecular weight is 254 g/mol. The number of halogens is 1. The molecule has 2 aromatic carbocycles. The van der Waals surface area contributed by atoms with E-state index in [1.807, 2.05) is 43.5 Å². The molecule has 2 N–H and O–H groups in total. The van der Waals surface area contributed by atoms with Crippen molar-refractivity contribution in [2.24, 2.45) is 0 Å². The molecule has 0 radical (unpaired) electrons. The highest BCUT2D eigenvalue weighted by Gasteiger charge is 2.05. The molecule has 0 atom stereocenters. The van der Waals surface area contributed by atoms with E-state index < -0.39 is 0 Å². The molecule has 0 saturated heterocycles. The average Bonchev–Trinajstić information content (AvgIpc) is 2.77. The fourth-order valence-electron chi connectivity index (χ4n) is 2.33. The van der Waals surface area contributed by atoms with Gasteiger partial charge in [0.2, 0.25) is 0 Å². The van der Waals surface area contributed by atoms with Crippen molar-refractivity contribution in [2.45, 2.75) is 13.5 Å². The van der Waals surface area contributed by atoms with Crippen LogP contribution < -0.4 is 5.73 Å². The Morgan fingerprint density at radius 3 is 2.79 bits per heavy atom. The molecule has 96 valence electrons. The number of rotatable bonds is 2. The second-order valence-corrected chi connectivity index (χ2v) is 4.83. The van der Waals surface area contributed by atoms with Crippen molar-refractivity contribution < 1.29 is 4.39 Å². The summed E-state index contributed by atoms with van der Waals surface area (Å²) < 4.78 is 15.4. The van der Waals surface area contributed by atoms with E-state index >= 15 is 0 Å². The molecular formula is C16H15FN2. The number of aryl methyl sites for hydroxylation is 1. The van der Waals surface area contributed by atoms with Crippen molar-refractivity contribution in [1.82, 2.24) is 4.57 Å². The lowest BCUT2D eigenvalue weighted by molar-refractivity contribution is 0.623. The van der Waals surface area contributed by atoms with Crippen LogP contribution >= 0.6 is 0 Å². The normalized spacial score (nSPS) is 11.1. The van der Waals surface area contributed by atoms with Crippen LogP contribution in [0.5, 0.6) is 0 Å². The van der Waals surface area contributed by atoms with Crippen LogP contribution in [-0.2, 0) is 6.54 Å². The van der Waals surface area contributed by atoms with Gasteiger partial charge in [-0.3, -0.25) is 0 Å². The number of nitrogen functional groups attached to an aromatic ring is 1. The maximum atomic E-state index is 13.3. The number of benzene rings is 2. The van der Waals surface area contributed by atoms with Gasteiger partial charge >= 0.3 is 0 Å². The molecule has 19 heavy (non-hydrogen) atoms. The van der Waals surface area contributed by atoms with Gasteiger partial charge in [-0.2, -0.15) is 0 Å². The Balaban J connectivity index is 2.05. The second kappa shape index (κ2) is 4.43. The zero-order valence-corrected chi connectivity index (χ0v) is 10.7. The summed E-state index contributed by atoms with van der Waals surface area (Å²) >= 11 is 0. The third-order valence-electron chi connectivity index (χ3n) is 3.45. The van der Waals surface area contributed by atoms with Crippen molar-refractivity contribution in [3.8, 4) is 0 Å². The first kappa shape index (κ1) is 11.8. The maximum Gasteiger partial charge on any atom is 0.123 e. The minimum atomic E-state index is -0.198. The van der Waals surface area contributed by atoms with E-state index in [4.69, 9.17) is 5.73 Å². The largest absolute Gasteiger partial charge is 0.399 e. The van der Waals surface area contributed by atoms with Crippen LogP contribution in [0.4, 0.5) is 10.1 Å². The summed E-state index contributed by atoms with van der Waals surface area (Å²) in [5.74, 6) is -0.198. The molecule has 0 fully saturated rings. The summed E-state index contributed by atoms with van der Waals surface area (Å²) in [7, 11) is 0. The number of aromatic nitrogens is 1. The molecule has 0 spiro atoms. The molecule has 1 heterocycles. The van der Waals surface area contributed by atoms with Crippen molar-refractivity contribution in [3.63, 3.8) is 0 Å². The first-order chi connectivity index (χ1) is 9.13. The topological polar surface area (TPSA) is 30.9 Å². The Kier molecular flexibility index (Phi) is 2.75. The van der Waals surface area contributed by atoms with Crippen LogP contribution in [0.1, 0.15) is 11.1 Å². The lowest BCUT2D eigenvalue weighted by Crippen LogP contribution is -2.01. The van der Waals surface area contributed by atoms with Crippen LogP contribution in [0.25, 0.3) is 10.9 Å². The third kappa shape index (κ3) is 2.19. The summed E-state index contributed by atoms with van der Waals surface area (Å²) in [6.45, 7) is 2.64. The van der Waals surface area contributed by atoms with Crippen molar-refractivity contribution in [3.05, 3.63) is 65.6 Å². The Labute approximate surface area is 111 Å². The number of nitrogens with zero attached hydrogens (tertiary/aromatic N) is 1. The highest BCUT2D eigenvalue weighted by molar-refractivity contribution is 5.83. The predicted molar refractivity (Wildman–Crippen MR) is 76.6 cm³/mol. The molecular weight excluding hydrogens is 239 g/mol. The van der Waals surface area contributed by atoms with Gasteiger partial charge in [0.05, 0.1) is 5.52 Å². The van der Waals surface area contributed by atoms with E-state index in [1.54, 1.807) is 6.07 Å². The highest BCUT2D eigenvalue weighted by atomic mass is 19.1. The van der Waals surface area contributed by atoms with Gasteiger partial charge in [0.1, 0.15) is 5.82 Å². The summed E-state index contributed by atoms with van der Waals surface area (Å²) in [6, 6.07) is 12.8. The molecule has 3 heteroatoms. The van der Waals surface area contributed by atoms with E-state index in [2.05, 4.69) is 4.57 Å². The molecule has 3 aromatic rings. The van der Waals surface area contributed by atoms with E-state index in [0.717, 1.165) is 27.7 Å². The van der Waals surface area contributed by atoms with Crippen LogP contribution in [0.15, 0.2) is 48.7 Å². The number of hydrogen-bond donors (Lipinski definition) is 1. The summed E-state index contributed by atoms with van der Waals surface area (Å²) in [5.41, 5.74) is 9.71. The molecule has 1 aromatic heterocycles. The molecule has 0 unspecified atom stereocenters. The van der Waals surface area contributed by atoms with Crippen LogP contribution in [0.2, 0.25) is 0 Å². The van der Waals surface area contributed by atoms with Gasteiger partial charge in [-0.15, -0.1) is 0 Å². The first-order valence-corrected chi connectivity index (χ1v) is 6.23. The van der Waals surface area contributed by atoms with Gasteiger partial charge in [0.15, 0.2) is 0 Å². The Bertz CT molecular complexity index is 744. The Hall–Kier alpha value is -2.29. The molecule has 0 amide bonds. The molecule has 0 aliphatic heterocycles. The fraction of sp³-hybridized carbons (Fsp3) is 0.125. The number of fused-ring (bicyclic) bond motifs is 1. The van der Waals surface area contributed by atoms with E-state index in [-0.39, 0.29) is 5.82 Å². The first-order valence-electron chi connectivity index (χ1n) is 6.23. The van der Waals surface area contributed by atoms with E-state index in [9.17, 15) is 4.39 Å². The number of anilines is 1. The molecule has 3 rings (SSSR count). The maximum absolute atomic E-state index is 13.3. The van der Waals surface area contributed by atoms with Crippen LogP contribution in [-0.4, -0.2) is 4.57 Å². The summed E-state index contributed by atoms with van der Waals surface area (Å²) in [5, 5.41) is 1.14. The van der Waals surface area contributed by atoms with Crippen molar-refractivity contribution in [1.29, 1.82) is 0 Å². The number of nitrogens with two attached hydrogens (primary N) is 1. The van der Waals surface area contributed by atoms with Gasteiger partial charge in [-0.05, 0) is 53.8 Å². The van der Waals surface area contributed by atoms with E-state index in [1.165, 1.54) is 6.07 Å². The molecule has 0 saturated carbocycles. The molecule has 0 aliphatic rings. The predicted octanol–water partition coefficient (Wildman–Crippen LogP) is 3.72. The molecule has 0 bridgehead atoms.